The molecule has 2 unspecified atom stereocenters. The minimum absolute atomic E-state index is 0.0487. The number of aromatic hydroxyl groups is 1. The molecule has 1 N–H and O–H groups in total. The summed E-state index contributed by atoms with van der Waals surface area (Å²) in [5.41, 5.74) is 2.62. The molecule has 0 aromatic heterocycles. The summed E-state index contributed by atoms with van der Waals surface area (Å²) >= 11 is 0. The van der Waals surface area contributed by atoms with E-state index in [9.17, 15) is 9.90 Å². The highest BCUT2D eigenvalue weighted by molar-refractivity contribution is 6.06. The maximum Gasteiger partial charge on any atom is 0.170 e. The second-order valence-corrected chi connectivity index (χ2v) is 7.76. The molecule has 0 spiro atoms. The van der Waals surface area contributed by atoms with Gasteiger partial charge in [0.1, 0.15) is 11.5 Å². The van der Waals surface area contributed by atoms with E-state index in [0.717, 1.165) is 31.5 Å². The molecule has 2 aromatic carbocycles. The van der Waals surface area contributed by atoms with Gasteiger partial charge in [-0.2, -0.15) is 0 Å². The van der Waals surface area contributed by atoms with Crippen molar-refractivity contribution in [3.63, 3.8) is 0 Å². The molecule has 27 heavy (non-hydrogen) atoms. The van der Waals surface area contributed by atoms with Crippen LogP contribution in [0.15, 0.2) is 42.5 Å². The zero-order chi connectivity index (χ0) is 18.8. The number of carbonyl (C=O) groups excluding carboxylic acids is 1. The first-order valence-corrected chi connectivity index (χ1v) is 9.98. The molecule has 2 aromatic rings. The third-order valence-electron chi connectivity index (χ3n) is 5.89. The van der Waals surface area contributed by atoms with Crippen molar-refractivity contribution in [2.75, 3.05) is 18.1 Å². The summed E-state index contributed by atoms with van der Waals surface area (Å²) in [6.07, 6.45) is 4.75. The lowest BCUT2D eigenvalue weighted by atomic mass is 9.88. The summed E-state index contributed by atoms with van der Waals surface area (Å²) in [5, 5.41) is 10.5. The number of ether oxygens (including phenoxy) is 1. The molecule has 0 radical (unpaired) electrons. The second kappa shape index (κ2) is 7.63. The molecular weight excluding hydrogens is 338 g/mol. The van der Waals surface area contributed by atoms with Gasteiger partial charge in [0.05, 0.1) is 17.9 Å². The van der Waals surface area contributed by atoms with Crippen molar-refractivity contribution in [2.45, 2.75) is 51.0 Å². The second-order valence-electron chi connectivity index (χ2n) is 7.76. The molecule has 0 bridgehead atoms. The smallest absolute Gasteiger partial charge is 0.170 e. The summed E-state index contributed by atoms with van der Waals surface area (Å²) in [7, 11) is 0. The minimum Gasteiger partial charge on any atom is -0.507 e. The Bertz CT molecular complexity index is 818. The number of fused-ring (bicyclic) bond motifs is 3. The van der Waals surface area contributed by atoms with Crippen LogP contribution in [0, 0.1) is 0 Å². The van der Waals surface area contributed by atoms with Crippen LogP contribution in [-0.2, 0) is 0 Å². The Morgan fingerprint density at radius 3 is 2.85 bits per heavy atom. The van der Waals surface area contributed by atoms with Crippen LogP contribution in [0.3, 0.4) is 0 Å². The number of ketones is 1. The fourth-order valence-corrected chi connectivity index (χ4v) is 4.33. The largest absolute Gasteiger partial charge is 0.507 e. The van der Waals surface area contributed by atoms with Gasteiger partial charge in [0.2, 0.25) is 0 Å². The number of hydrogen-bond acceptors (Lipinski definition) is 4. The summed E-state index contributed by atoms with van der Waals surface area (Å²) in [6, 6.07) is 14.2. The van der Waals surface area contributed by atoms with Crippen LogP contribution in [0.4, 0.5) is 5.69 Å². The van der Waals surface area contributed by atoms with Crippen LogP contribution in [-0.4, -0.2) is 30.1 Å². The summed E-state index contributed by atoms with van der Waals surface area (Å²) in [5.74, 6) is 1.15. The van der Waals surface area contributed by atoms with Crippen LogP contribution in [0.1, 0.15) is 60.9 Å². The van der Waals surface area contributed by atoms with E-state index in [1.54, 1.807) is 6.07 Å². The highest BCUT2D eigenvalue weighted by Gasteiger charge is 2.35. The summed E-state index contributed by atoms with van der Waals surface area (Å²) < 4.78 is 5.96. The van der Waals surface area contributed by atoms with Gasteiger partial charge in [-0.25, -0.2) is 0 Å². The predicted molar refractivity (Wildman–Crippen MR) is 107 cm³/mol. The van der Waals surface area contributed by atoms with Crippen molar-refractivity contribution in [3.8, 4) is 11.5 Å². The molecule has 142 valence electrons. The van der Waals surface area contributed by atoms with Crippen molar-refractivity contribution in [3.05, 3.63) is 53.6 Å². The average molecular weight is 365 g/mol. The number of phenolic OH excluding ortho intramolecular Hbond substituents is 1. The van der Waals surface area contributed by atoms with Gasteiger partial charge >= 0.3 is 0 Å². The normalized spacial score (nSPS) is 20.0. The van der Waals surface area contributed by atoms with E-state index in [-0.39, 0.29) is 17.6 Å². The van der Waals surface area contributed by atoms with Gasteiger partial charge in [-0.05, 0) is 37.2 Å². The van der Waals surface area contributed by atoms with E-state index >= 15 is 0 Å². The zero-order valence-electron chi connectivity index (χ0n) is 15.9. The molecule has 2 aliphatic heterocycles. The van der Waals surface area contributed by atoms with Crippen LogP contribution in [0.25, 0.3) is 0 Å². The number of piperidine rings is 1. The van der Waals surface area contributed by atoms with E-state index < -0.39 is 0 Å². The highest BCUT2D eigenvalue weighted by atomic mass is 16.5. The quantitative estimate of drug-likeness (QED) is 0.818. The Kier molecular flexibility index (Phi) is 5.06. The van der Waals surface area contributed by atoms with Gasteiger partial charge in [-0.3, -0.25) is 4.79 Å². The number of anilines is 1. The molecule has 0 aliphatic carbocycles. The first-order valence-electron chi connectivity index (χ1n) is 9.98. The van der Waals surface area contributed by atoms with Crippen molar-refractivity contribution in [2.24, 2.45) is 0 Å². The first-order chi connectivity index (χ1) is 13.1. The molecule has 0 amide bonds. The maximum atomic E-state index is 12.5. The summed E-state index contributed by atoms with van der Waals surface area (Å²) in [4.78, 5) is 14.8. The molecule has 2 aliphatic rings. The van der Waals surface area contributed by atoms with Crippen LogP contribution in [0.5, 0.6) is 11.5 Å². The van der Waals surface area contributed by atoms with E-state index in [1.165, 1.54) is 12.0 Å². The fraction of sp³-hybridized carbons (Fsp3) is 0.435. The topological polar surface area (TPSA) is 49.8 Å². The van der Waals surface area contributed by atoms with Crippen LogP contribution >= 0.6 is 0 Å². The molecule has 1 saturated heterocycles. The number of nitrogens with zero attached hydrogens (tertiary/aromatic N) is 1. The van der Waals surface area contributed by atoms with Crippen molar-refractivity contribution in [1.29, 1.82) is 0 Å². The van der Waals surface area contributed by atoms with Gasteiger partial charge in [0.15, 0.2) is 5.78 Å². The lowest BCUT2D eigenvalue weighted by Gasteiger charge is -2.41. The van der Waals surface area contributed by atoms with Gasteiger partial charge in [0.25, 0.3) is 0 Å². The Morgan fingerprint density at radius 2 is 2.04 bits per heavy atom. The standard InChI is InChI=1S/C23H27NO3/c1-16(17-7-3-2-4-8-17)10-12-27-19-14-20-23(22(26)15-19)21(25)13-18-9-5-6-11-24(18)20/h2-4,7-8,14-16,18,26H,5-6,9-13H2,1H3. The summed E-state index contributed by atoms with van der Waals surface area (Å²) in [6.45, 7) is 3.71. The van der Waals surface area contributed by atoms with Crippen LogP contribution < -0.4 is 9.64 Å². The van der Waals surface area contributed by atoms with E-state index in [4.69, 9.17) is 4.74 Å². The van der Waals surface area contributed by atoms with Crippen molar-refractivity contribution >= 4 is 11.5 Å². The van der Waals surface area contributed by atoms with Gasteiger partial charge in [-0.15, -0.1) is 0 Å². The first kappa shape index (κ1) is 17.9. The molecule has 4 heteroatoms. The maximum absolute atomic E-state index is 12.5. The van der Waals surface area contributed by atoms with Crippen molar-refractivity contribution < 1.29 is 14.6 Å². The van der Waals surface area contributed by atoms with E-state index in [0.29, 0.717) is 30.3 Å². The molecule has 4 rings (SSSR count). The fourth-order valence-electron chi connectivity index (χ4n) is 4.33. The number of hydrogen-bond donors (Lipinski definition) is 1. The zero-order valence-corrected chi connectivity index (χ0v) is 15.9. The number of Topliss-reactive ketones (excluding diaryl/α,β-unsaturated/α-hetero) is 1. The SMILES string of the molecule is CC(CCOc1cc(O)c2c(c1)N1CCCCC1CC2=O)c1ccccc1. The molecule has 1 fully saturated rings. The van der Waals surface area contributed by atoms with Crippen LogP contribution in [0.2, 0.25) is 0 Å². The molecule has 0 saturated carbocycles. The minimum atomic E-state index is 0.0487. The molecule has 2 atom stereocenters. The van der Waals surface area contributed by atoms with Gasteiger partial charge < -0.3 is 14.7 Å². The Balaban J connectivity index is 1.48. The number of carbonyl (C=O) groups is 1. The Morgan fingerprint density at radius 1 is 1.22 bits per heavy atom. The molecular formula is C23H27NO3. The number of phenols is 1. The molecule has 4 nitrogen and oxygen atoms in total. The van der Waals surface area contributed by atoms with Crippen molar-refractivity contribution in [1.82, 2.24) is 0 Å². The third kappa shape index (κ3) is 3.66. The lowest BCUT2D eigenvalue weighted by molar-refractivity contribution is 0.0958. The predicted octanol–water partition coefficient (Wildman–Crippen LogP) is 4.91. The Hall–Kier alpha value is -2.49. The van der Waals surface area contributed by atoms with Gasteiger partial charge in [0, 0.05) is 31.1 Å². The lowest BCUT2D eigenvalue weighted by Crippen LogP contribution is -2.44. The third-order valence-corrected chi connectivity index (χ3v) is 5.89. The Labute approximate surface area is 160 Å². The monoisotopic (exact) mass is 365 g/mol. The number of rotatable bonds is 5. The van der Waals surface area contributed by atoms with E-state index in [2.05, 4.69) is 36.1 Å². The van der Waals surface area contributed by atoms with E-state index in [1.807, 2.05) is 12.1 Å². The number of benzene rings is 2. The molecule has 2 heterocycles. The van der Waals surface area contributed by atoms with Gasteiger partial charge in [-0.1, -0.05) is 37.3 Å². The highest BCUT2D eigenvalue weighted by Crippen LogP contribution is 2.42. The average Bonchev–Trinajstić information content (AvgIpc) is 2.68.